The van der Waals surface area contributed by atoms with Crippen LogP contribution < -0.4 is 4.90 Å². The van der Waals surface area contributed by atoms with E-state index in [4.69, 9.17) is 16.1 Å². The minimum absolute atomic E-state index is 0.107. The standard InChI is InChI=1S/C10H13ClN2O2/c1-6-10(7(2)15-12-6)13-5-8(4-11)3-9(13)14/h8H,3-5H2,1-2H3. The largest absolute Gasteiger partial charge is 0.359 e. The Morgan fingerprint density at radius 2 is 2.33 bits per heavy atom. The van der Waals surface area contributed by atoms with Crippen LogP contribution in [0.3, 0.4) is 0 Å². The van der Waals surface area contributed by atoms with Crippen molar-refractivity contribution in [3.05, 3.63) is 11.5 Å². The number of anilines is 1. The van der Waals surface area contributed by atoms with Crippen molar-refractivity contribution in [3.8, 4) is 0 Å². The number of carbonyl (C=O) groups excluding carboxylic acids is 1. The van der Waals surface area contributed by atoms with E-state index in [1.807, 2.05) is 13.8 Å². The number of alkyl halides is 1. The van der Waals surface area contributed by atoms with Crippen LogP contribution in [0.1, 0.15) is 17.9 Å². The van der Waals surface area contributed by atoms with Crippen LogP contribution in [-0.4, -0.2) is 23.5 Å². The van der Waals surface area contributed by atoms with E-state index < -0.39 is 0 Å². The van der Waals surface area contributed by atoms with Crippen LogP contribution in [0.4, 0.5) is 5.69 Å². The third kappa shape index (κ3) is 1.74. The second-order valence-corrected chi connectivity index (χ2v) is 4.21. The van der Waals surface area contributed by atoms with Gasteiger partial charge in [0.25, 0.3) is 0 Å². The summed E-state index contributed by atoms with van der Waals surface area (Å²) in [5.74, 6) is 1.56. The summed E-state index contributed by atoms with van der Waals surface area (Å²) in [5.41, 5.74) is 1.57. The van der Waals surface area contributed by atoms with Gasteiger partial charge in [-0.2, -0.15) is 0 Å². The first-order valence-corrected chi connectivity index (χ1v) is 5.46. The minimum Gasteiger partial charge on any atom is -0.359 e. The van der Waals surface area contributed by atoms with Crippen LogP contribution in [0.25, 0.3) is 0 Å². The molecule has 0 radical (unpaired) electrons. The van der Waals surface area contributed by atoms with Crippen LogP contribution in [0, 0.1) is 19.8 Å². The third-order valence-corrected chi connectivity index (χ3v) is 3.13. The van der Waals surface area contributed by atoms with Gasteiger partial charge in [-0.25, -0.2) is 0 Å². The van der Waals surface area contributed by atoms with Crippen molar-refractivity contribution in [1.29, 1.82) is 0 Å². The van der Waals surface area contributed by atoms with Gasteiger partial charge in [0.05, 0.1) is 0 Å². The van der Waals surface area contributed by atoms with Gasteiger partial charge in [0.15, 0.2) is 5.76 Å². The molecule has 1 fully saturated rings. The lowest BCUT2D eigenvalue weighted by Crippen LogP contribution is -2.25. The molecule has 15 heavy (non-hydrogen) atoms. The maximum absolute atomic E-state index is 11.7. The number of nitrogens with zero attached hydrogens (tertiary/aromatic N) is 2. The van der Waals surface area contributed by atoms with Gasteiger partial charge >= 0.3 is 0 Å². The number of aryl methyl sites for hydroxylation is 2. The maximum atomic E-state index is 11.7. The van der Waals surface area contributed by atoms with E-state index in [1.165, 1.54) is 0 Å². The van der Waals surface area contributed by atoms with Gasteiger partial charge in [-0.3, -0.25) is 4.79 Å². The van der Waals surface area contributed by atoms with Crippen molar-refractivity contribution in [1.82, 2.24) is 5.16 Å². The summed E-state index contributed by atoms with van der Waals surface area (Å²) in [7, 11) is 0. The molecule has 4 nitrogen and oxygen atoms in total. The van der Waals surface area contributed by atoms with Gasteiger partial charge in [-0.05, 0) is 19.8 Å². The fourth-order valence-electron chi connectivity index (χ4n) is 1.96. The highest BCUT2D eigenvalue weighted by Gasteiger charge is 2.33. The first kappa shape index (κ1) is 10.5. The molecular formula is C10H13ClN2O2. The van der Waals surface area contributed by atoms with E-state index in [1.54, 1.807) is 4.90 Å². The first-order valence-electron chi connectivity index (χ1n) is 4.92. The fourth-order valence-corrected chi connectivity index (χ4v) is 2.17. The van der Waals surface area contributed by atoms with Gasteiger partial charge in [0, 0.05) is 18.8 Å². The lowest BCUT2D eigenvalue weighted by atomic mass is 10.1. The SMILES string of the molecule is Cc1noc(C)c1N1CC(CCl)CC1=O. The van der Waals surface area contributed by atoms with Crippen molar-refractivity contribution in [2.75, 3.05) is 17.3 Å². The quantitative estimate of drug-likeness (QED) is 0.727. The second kappa shape index (κ2) is 3.85. The number of hydrogen-bond donors (Lipinski definition) is 0. The molecule has 0 bridgehead atoms. The molecule has 1 atom stereocenters. The average Bonchev–Trinajstić information content (AvgIpc) is 2.71. The third-order valence-electron chi connectivity index (χ3n) is 2.69. The molecule has 0 saturated carbocycles. The topological polar surface area (TPSA) is 46.3 Å². The highest BCUT2D eigenvalue weighted by Crippen LogP contribution is 2.30. The number of rotatable bonds is 2. The summed E-state index contributed by atoms with van der Waals surface area (Å²) in [5, 5.41) is 3.84. The Morgan fingerprint density at radius 1 is 1.60 bits per heavy atom. The Kier molecular flexibility index (Phi) is 2.69. The van der Waals surface area contributed by atoms with E-state index in [0.717, 1.165) is 11.4 Å². The van der Waals surface area contributed by atoms with E-state index in [0.29, 0.717) is 24.6 Å². The van der Waals surface area contributed by atoms with Crippen molar-refractivity contribution in [2.45, 2.75) is 20.3 Å². The van der Waals surface area contributed by atoms with Gasteiger partial charge in [0.1, 0.15) is 11.4 Å². The molecule has 2 rings (SSSR count). The molecule has 0 aromatic carbocycles. The normalized spacial score (nSPS) is 21.4. The van der Waals surface area contributed by atoms with E-state index >= 15 is 0 Å². The Balaban J connectivity index is 2.29. The van der Waals surface area contributed by atoms with Crippen molar-refractivity contribution < 1.29 is 9.32 Å². The molecule has 2 heterocycles. The Labute approximate surface area is 93.2 Å². The summed E-state index contributed by atoms with van der Waals surface area (Å²) < 4.78 is 5.05. The molecular weight excluding hydrogens is 216 g/mol. The van der Waals surface area contributed by atoms with Crippen molar-refractivity contribution in [3.63, 3.8) is 0 Å². The molecule has 0 N–H and O–H groups in total. The van der Waals surface area contributed by atoms with Gasteiger partial charge in [-0.1, -0.05) is 5.16 Å². The van der Waals surface area contributed by atoms with Crippen molar-refractivity contribution in [2.24, 2.45) is 5.92 Å². The number of halogens is 1. The van der Waals surface area contributed by atoms with E-state index in [9.17, 15) is 4.79 Å². The highest BCUT2D eigenvalue weighted by molar-refractivity contribution is 6.18. The molecule has 1 saturated heterocycles. The summed E-state index contributed by atoms with van der Waals surface area (Å²) in [6, 6.07) is 0. The zero-order chi connectivity index (χ0) is 11.0. The number of hydrogen-bond acceptors (Lipinski definition) is 3. The predicted octanol–water partition coefficient (Wildman–Crippen LogP) is 1.88. The van der Waals surface area contributed by atoms with Gasteiger partial charge < -0.3 is 9.42 Å². The Bertz CT molecular complexity index is 369. The highest BCUT2D eigenvalue weighted by atomic mass is 35.5. The van der Waals surface area contributed by atoms with Crippen LogP contribution in [0.2, 0.25) is 0 Å². The molecule has 0 spiro atoms. The molecule has 1 aliphatic heterocycles. The second-order valence-electron chi connectivity index (χ2n) is 3.90. The van der Waals surface area contributed by atoms with Gasteiger partial charge in [-0.15, -0.1) is 11.6 Å². The van der Waals surface area contributed by atoms with E-state index in [2.05, 4.69) is 5.16 Å². The molecule has 1 aliphatic rings. The summed E-state index contributed by atoms with van der Waals surface area (Å²) in [4.78, 5) is 13.5. The first-order chi connectivity index (χ1) is 7.13. The minimum atomic E-state index is 0.107. The monoisotopic (exact) mass is 228 g/mol. The smallest absolute Gasteiger partial charge is 0.227 e. The van der Waals surface area contributed by atoms with Crippen molar-refractivity contribution >= 4 is 23.2 Å². The van der Waals surface area contributed by atoms with Crippen LogP contribution in [-0.2, 0) is 4.79 Å². The van der Waals surface area contributed by atoms with Crippen LogP contribution in [0.5, 0.6) is 0 Å². The number of aromatic nitrogens is 1. The van der Waals surface area contributed by atoms with Gasteiger partial charge in [0.2, 0.25) is 5.91 Å². The van der Waals surface area contributed by atoms with Crippen LogP contribution in [0.15, 0.2) is 4.52 Å². The maximum Gasteiger partial charge on any atom is 0.227 e. The lowest BCUT2D eigenvalue weighted by molar-refractivity contribution is -0.117. The fraction of sp³-hybridized carbons (Fsp3) is 0.600. The average molecular weight is 229 g/mol. The van der Waals surface area contributed by atoms with E-state index in [-0.39, 0.29) is 11.8 Å². The van der Waals surface area contributed by atoms with Crippen LogP contribution >= 0.6 is 11.6 Å². The molecule has 1 aromatic heterocycles. The Hall–Kier alpha value is -1.03. The molecule has 5 heteroatoms. The summed E-state index contributed by atoms with van der Waals surface area (Å²) in [6.07, 6.45) is 0.521. The Morgan fingerprint density at radius 3 is 2.80 bits per heavy atom. The lowest BCUT2D eigenvalue weighted by Gasteiger charge is -2.15. The number of amides is 1. The molecule has 1 aromatic rings. The predicted molar refractivity (Wildman–Crippen MR) is 57.2 cm³/mol. The molecule has 1 amide bonds. The summed E-state index contributed by atoms with van der Waals surface area (Å²) >= 11 is 5.76. The zero-order valence-electron chi connectivity index (χ0n) is 8.79. The molecule has 82 valence electrons. The number of carbonyl (C=O) groups is 1. The zero-order valence-corrected chi connectivity index (χ0v) is 9.54. The molecule has 0 aliphatic carbocycles. The summed E-state index contributed by atoms with van der Waals surface area (Å²) in [6.45, 7) is 4.33. The molecule has 1 unspecified atom stereocenters.